The number of carbonyl (C=O) groups excluding carboxylic acids is 1. The molecule has 104 valence electrons. The molecular weight excluding hydrogens is 266 g/mol. The lowest BCUT2D eigenvalue weighted by atomic mass is 10.2. The zero-order chi connectivity index (χ0) is 14.3. The predicted molar refractivity (Wildman–Crippen MR) is 74.3 cm³/mol. The SMILES string of the molecule is CCN(CCCO)C(=O)c1csc(/C=C/C(=O)O)c1. The van der Waals surface area contributed by atoms with E-state index >= 15 is 0 Å². The average Bonchev–Trinajstić information content (AvgIpc) is 2.85. The number of hydrogen-bond donors (Lipinski definition) is 2. The summed E-state index contributed by atoms with van der Waals surface area (Å²) >= 11 is 1.32. The van der Waals surface area contributed by atoms with Crippen LogP contribution >= 0.6 is 11.3 Å². The van der Waals surface area contributed by atoms with Crippen LogP contribution in [-0.2, 0) is 4.79 Å². The number of aliphatic carboxylic acids is 1. The highest BCUT2D eigenvalue weighted by atomic mass is 32.1. The fraction of sp³-hybridized carbons (Fsp3) is 0.385. The van der Waals surface area contributed by atoms with Gasteiger partial charge in [-0.3, -0.25) is 4.79 Å². The van der Waals surface area contributed by atoms with E-state index in [0.717, 1.165) is 11.0 Å². The Kier molecular flexibility index (Phi) is 6.24. The molecule has 6 heteroatoms. The molecule has 0 aliphatic heterocycles. The highest BCUT2D eigenvalue weighted by molar-refractivity contribution is 7.11. The summed E-state index contributed by atoms with van der Waals surface area (Å²) < 4.78 is 0. The van der Waals surface area contributed by atoms with E-state index in [9.17, 15) is 9.59 Å². The lowest BCUT2D eigenvalue weighted by Crippen LogP contribution is -2.31. The lowest BCUT2D eigenvalue weighted by Gasteiger charge is -2.19. The Labute approximate surface area is 115 Å². The Bertz CT molecular complexity index is 467. The first kappa shape index (κ1) is 15.4. The van der Waals surface area contributed by atoms with E-state index in [-0.39, 0.29) is 12.5 Å². The summed E-state index contributed by atoms with van der Waals surface area (Å²) in [7, 11) is 0. The van der Waals surface area contributed by atoms with Crippen LogP contribution in [0.5, 0.6) is 0 Å². The van der Waals surface area contributed by atoms with Gasteiger partial charge in [-0.2, -0.15) is 0 Å². The summed E-state index contributed by atoms with van der Waals surface area (Å²) in [6.07, 6.45) is 3.06. The van der Waals surface area contributed by atoms with Gasteiger partial charge in [0.25, 0.3) is 5.91 Å². The van der Waals surface area contributed by atoms with E-state index in [0.29, 0.717) is 25.1 Å². The maximum Gasteiger partial charge on any atom is 0.328 e. The first-order valence-corrected chi connectivity index (χ1v) is 6.86. The third-order valence-corrected chi connectivity index (χ3v) is 3.41. The summed E-state index contributed by atoms with van der Waals surface area (Å²) in [5.41, 5.74) is 0.551. The third-order valence-electron chi connectivity index (χ3n) is 2.51. The van der Waals surface area contributed by atoms with Gasteiger partial charge in [0, 0.05) is 36.0 Å². The minimum atomic E-state index is -1.01. The number of carbonyl (C=O) groups is 2. The van der Waals surface area contributed by atoms with Crippen molar-refractivity contribution >= 4 is 29.3 Å². The van der Waals surface area contributed by atoms with Crippen molar-refractivity contribution < 1.29 is 19.8 Å². The number of nitrogens with zero attached hydrogens (tertiary/aromatic N) is 1. The summed E-state index contributed by atoms with van der Waals surface area (Å²) in [5, 5.41) is 19.0. The van der Waals surface area contributed by atoms with Crippen molar-refractivity contribution in [1.29, 1.82) is 0 Å². The number of aliphatic hydroxyl groups is 1. The first-order valence-electron chi connectivity index (χ1n) is 5.98. The molecule has 0 aromatic carbocycles. The Morgan fingerprint density at radius 1 is 1.47 bits per heavy atom. The Morgan fingerprint density at radius 3 is 2.79 bits per heavy atom. The monoisotopic (exact) mass is 283 g/mol. The molecule has 0 atom stereocenters. The quantitative estimate of drug-likeness (QED) is 0.746. The van der Waals surface area contributed by atoms with Crippen LogP contribution in [0, 0.1) is 0 Å². The first-order chi connectivity index (χ1) is 9.08. The fourth-order valence-corrected chi connectivity index (χ4v) is 2.33. The van der Waals surface area contributed by atoms with Crippen molar-refractivity contribution in [2.75, 3.05) is 19.7 Å². The second-order valence-corrected chi connectivity index (χ2v) is 4.81. The molecule has 19 heavy (non-hydrogen) atoms. The highest BCUT2D eigenvalue weighted by Crippen LogP contribution is 2.18. The number of hydrogen-bond acceptors (Lipinski definition) is 4. The van der Waals surface area contributed by atoms with Crippen LogP contribution in [-0.4, -0.2) is 46.7 Å². The van der Waals surface area contributed by atoms with Crippen molar-refractivity contribution in [2.45, 2.75) is 13.3 Å². The summed E-state index contributed by atoms with van der Waals surface area (Å²) in [5.74, 6) is -1.11. The lowest BCUT2D eigenvalue weighted by molar-refractivity contribution is -0.131. The van der Waals surface area contributed by atoms with Crippen molar-refractivity contribution in [2.24, 2.45) is 0 Å². The molecule has 1 rings (SSSR count). The van der Waals surface area contributed by atoms with E-state index in [2.05, 4.69) is 0 Å². The molecule has 0 aliphatic carbocycles. The minimum absolute atomic E-state index is 0.0556. The maximum atomic E-state index is 12.1. The molecule has 0 saturated carbocycles. The number of carboxylic acid groups (broad SMARTS) is 1. The Balaban J connectivity index is 2.73. The molecule has 1 amide bonds. The minimum Gasteiger partial charge on any atom is -0.478 e. The van der Waals surface area contributed by atoms with Gasteiger partial charge in [-0.05, 0) is 25.5 Å². The Morgan fingerprint density at radius 2 is 2.21 bits per heavy atom. The summed E-state index contributed by atoms with van der Waals surface area (Å²) in [6.45, 7) is 3.03. The third kappa shape index (κ3) is 4.84. The second-order valence-electron chi connectivity index (χ2n) is 3.87. The Hall–Kier alpha value is -1.66. The molecule has 0 radical (unpaired) electrons. The highest BCUT2D eigenvalue weighted by Gasteiger charge is 2.14. The maximum absolute atomic E-state index is 12.1. The molecule has 0 saturated heterocycles. The van der Waals surface area contributed by atoms with Crippen LogP contribution in [0.1, 0.15) is 28.6 Å². The topological polar surface area (TPSA) is 77.8 Å². The number of thiophene rings is 1. The molecule has 0 spiro atoms. The predicted octanol–water partition coefficient (Wildman–Crippen LogP) is 1.69. The molecule has 5 nitrogen and oxygen atoms in total. The van der Waals surface area contributed by atoms with E-state index < -0.39 is 5.97 Å². The van der Waals surface area contributed by atoms with Crippen molar-refractivity contribution in [3.05, 3.63) is 28.0 Å². The number of amides is 1. The van der Waals surface area contributed by atoms with E-state index in [1.807, 2.05) is 6.92 Å². The average molecular weight is 283 g/mol. The van der Waals surface area contributed by atoms with Gasteiger partial charge in [-0.1, -0.05) is 0 Å². The summed E-state index contributed by atoms with van der Waals surface area (Å²) in [6, 6.07) is 1.67. The molecule has 1 aromatic heterocycles. The standard InChI is InChI=1S/C13H17NO4S/c1-2-14(6-3-7-15)13(18)10-8-11(19-9-10)4-5-12(16)17/h4-5,8-9,15H,2-3,6-7H2,1H3,(H,16,17)/b5-4+. The van der Waals surface area contributed by atoms with Crippen LogP contribution in [0.4, 0.5) is 0 Å². The van der Waals surface area contributed by atoms with Gasteiger partial charge in [-0.25, -0.2) is 4.79 Å². The van der Waals surface area contributed by atoms with Gasteiger partial charge in [0.15, 0.2) is 0 Å². The van der Waals surface area contributed by atoms with Crippen molar-refractivity contribution in [3.8, 4) is 0 Å². The molecule has 0 fully saturated rings. The van der Waals surface area contributed by atoms with E-state index in [1.165, 1.54) is 17.4 Å². The van der Waals surface area contributed by atoms with Crippen molar-refractivity contribution in [1.82, 2.24) is 4.90 Å². The van der Waals surface area contributed by atoms with Crippen molar-refractivity contribution in [3.63, 3.8) is 0 Å². The molecule has 2 N–H and O–H groups in total. The molecule has 0 aliphatic rings. The zero-order valence-electron chi connectivity index (χ0n) is 10.7. The van der Waals surface area contributed by atoms with Crippen LogP contribution < -0.4 is 0 Å². The fourth-order valence-electron chi connectivity index (χ4n) is 1.55. The molecule has 0 unspecified atom stereocenters. The molecule has 1 heterocycles. The van der Waals surface area contributed by atoms with Crippen LogP contribution in [0.25, 0.3) is 6.08 Å². The van der Waals surface area contributed by atoms with Gasteiger partial charge in [0.05, 0.1) is 5.56 Å². The van der Waals surface area contributed by atoms with Gasteiger partial charge in [-0.15, -0.1) is 11.3 Å². The van der Waals surface area contributed by atoms with E-state index in [1.54, 1.807) is 16.3 Å². The second kappa shape index (κ2) is 7.70. The largest absolute Gasteiger partial charge is 0.478 e. The van der Waals surface area contributed by atoms with Gasteiger partial charge < -0.3 is 15.1 Å². The molecule has 1 aromatic rings. The molecule has 0 bridgehead atoms. The van der Waals surface area contributed by atoms with Gasteiger partial charge >= 0.3 is 5.97 Å². The zero-order valence-corrected chi connectivity index (χ0v) is 11.5. The van der Waals surface area contributed by atoms with Gasteiger partial charge in [0.1, 0.15) is 0 Å². The number of carboxylic acids is 1. The normalized spacial score (nSPS) is 10.8. The molecular formula is C13H17NO4S. The summed E-state index contributed by atoms with van der Waals surface area (Å²) in [4.78, 5) is 24.9. The van der Waals surface area contributed by atoms with Gasteiger partial charge in [0.2, 0.25) is 0 Å². The smallest absolute Gasteiger partial charge is 0.328 e. The van der Waals surface area contributed by atoms with Crippen LogP contribution in [0.15, 0.2) is 17.5 Å². The number of aliphatic hydroxyl groups excluding tert-OH is 1. The number of rotatable bonds is 7. The van der Waals surface area contributed by atoms with Crippen LogP contribution in [0.2, 0.25) is 0 Å². The van der Waals surface area contributed by atoms with E-state index in [4.69, 9.17) is 10.2 Å². The van der Waals surface area contributed by atoms with Crippen LogP contribution in [0.3, 0.4) is 0 Å².